The van der Waals surface area contributed by atoms with E-state index in [1.54, 1.807) is 24.3 Å². The maximum Gasteiger partial charge on any atom is 0.221 e. The van der Waals surface area contributed by atoms with Crippen LogP contribution in [0.25, 0.3) is 0 Å². The Hall–Kier alpha value is -1.65. The molecule has 1 aromatic carbocycles. The van der Waals surface area contributed by atoms with Crippen LogP contribution in [0, 0.1) is 13.8 Å². The van der Waals surface area contributed by atoms with Gasteiger partial charge in [0.05, 0.1) is 5.56 Å². The van der Waals surface area contributed by atoms with Gasteiger partial charge in [-0.3, -0.25) is 9.59 Å². The van der Waals surface area contributed by atoms with Gasteiger partial charge < -0.3 is 5.32 Å². The zero-order chi connectivity index (χ0) is 14.9. The predicted octanol–water partition coefficient (Wildman–Crippen LogP) is 4.21. The van der Waals surface area contributed by atoms with Crippen LogP contribution in [0.1, 0.15) is 33.3 Å². The summed E-state index contributed by atoms with van der Waals surface area (Å²) in [6.07, 6.45) is 0. The Bertz CT molecular complexity index is 691. The Morgan fingerprint density at radius 2 is 1.95 bits per heavy atom. The van der Waals surface area contributed by atoms with E-state index in [1.807, 2.05) is 13.8 Å². The SMILES string of the molecule is CC(=O)Nc1sc(C)c(C)c1C(=O)c1cccc(Cl)c1. The third-order valence-corrected chi connectivity index (χ3v) is 4.35. The summed E-state index contributed by atoms with van der Waals surface area (Å²) in [7, 11) is 0. The highest BCUT2D eigenvalue weighted by Gasteiger charge is 2.21. The van der Waals surface area contributed by atoms with Crippen LogP contribution in [-0.2, 0) is 4.79 Å². The van der Waals surface area contributed by atoms with Crippen molar-refractivity contribution in [3.8, 4) is 0 Å². The lowest BCUT2D eigenvalue weighted by Gasteiger charge is -2.06. The molecule has 0 atom stereocenters. The molecular weight excluding hydrogens is 294 g/mol. The number of thiophene rings is 1. The molecule has 0 aliphatic heterocycles. The molecule has 2 rings (SSSR count). The Labute approximate surface area is 126 Å². The van der Waals surface area contributed by atoms with Crippen molar-refractivity contribution in [2.45, 2.75) is 20.8 Å². The third kappa shape index (κ3) is 2.92. The van der Waals surface area contributed by atoms with Gasteiger partial charge in [-0.1, -0.05) is 23.7 Å². The summed E-state index contributed by atoms with van der Waals surface area (Å²) in [6.45, 7) is 5.24. The maximum absolute atomic E-state index is 12.6. The number of hydrogen-bond acceptors (Lipinski definition) is 3. The lowest BCUT2D eigenvalue weighted by atomic mass is 10.0. The van der Waals surface area contributed by atoms with Gasteiger partial charge in [-0.2, -0.15) is 0 Å². The van der Waals surface area contributed by atoms with E-state index in [-0.39, 0.29) is 11.7 Å². The van der Waals surface area contributed by atoms with Crippen molar-refractivity contribution in [1.82, 2.24) is 0 Å². The van der Waals surface area contributed by atoms with E-state index in [9.17, 15) is 9.59 Å². The van der Waals surface area contributed by atoms with Gasteiger partial charge in [-0.15, -0.1) is 11.3 Å². The highest BCUT2D eigenvalue weighted by atomic mass is 35.5. The van der Waals surface area contributed by atoms with E-state index in [1.165, 1.54) is 18.3 Å². The number of aryl methyl sites for hydroxylation is 1. The standard InChI is InChI=1S/C15H14ClNO2S/c1-8-9(2)20-15(17-10(3)18)13(8)14(19)11-5-4-6-12(16)7-11/h4-7H,1-3H3,(H,17,18). The van der Waals surface area contributed by atoms with E-state index in [0.717, 1.165) is 10.4 Å². The Balaban J connectivity index is 2.51. The fourth-order valence-corrected chi connectivity index (χ4v) is 3.22. The molecule has 3 nitrogen and oxygen atoms in total. The molecular formula is C15H14ClNO2S. The Morgan fingerprint density at radius 1 is 1.25 bits per heavy atom. The minimum absolute atomic E-state index is 0.127. The van der Waals surface area contributed by atoms with Gasteiger partial charge in [0.1, 0.15) is 5.00 Å². The normalized spacial score (nSPS) is 10.4. The minimum atomic E-state index is -0.189. The molecule has 0 aliphatic carbocycles. The number of anilines is 1. The molecule has 104 valence electrons. The van der Waals surface area contributed by atoms with Crippen molar-refractivity contribution in [3.63, 3.8) is 0 Å². The number of hydrogen-bond donors (Lipinski definition) is 1. The van der Waals surface area contributed by atoms with Gasteiger partial charge in [0.25, 0.3) is 0 Å². The summed E-state index contributed by atoms with van der Waals surface area (Å²) in [4.78, 5) is 24.9. The zero-order valence-corrected chi connectivity index (χ0v) is 13.0. The maximum atomic E-state index is 12.6. The smallest absolute Gasteiger partial charge is 0.221 e. The fourth-order valence-electron chi connectivity index (χ4n) is 1.92. The van der Waals surface area contributed by atoms with Crippen LogP contribution in [0.4, 0.5) is 5.00 Å². The van der Waals surface area contributed by atoms with Crippen molar-refractivity contribution in [2.75, 3.05) is 5.32 Å². The Morgan fingerprint density at radius 3 is 2.55 bits per heavy atom. The van der Waals surface area contributed by atoms with E-state index in [0.29, 0.717) is 21.2 Å². The number of rotatable bonds is 3. The molecule has 1 aromatic heterocycles. The number of carbonyl (C=O) groups is 2. The number of nitrogens with one attached hydrogen (secondary N) is 1. The van der Waals surface area contributed by atoms with Crippen molar-refractivity contribution in [1.29, 1.82) is 0 Å². The molecule has 0 saturated heterocycles. The van der Waals surface area contributed by atoms with Crippen LogP contribution in [0.3, 0.4) is 0 Å². The number of benzene rings is 1. The third-order valence-electron chi connectivity index (χ3n) is 2.99. The monoisotopic (exact) mass is 307 g/mol. The van der Waals surface area contributed by atoms with Crippen LogP contribution in [0.2, 0.25) is 5.02 Å². The van der Waals surface area contributed by atoms with E-state index < -0.39 is 0 Å². The lowest BCUT2D eigenvalue weighted by molar-refractivity contribution is -0.114. The second kappa shape index (κ2) is 5.77. The number of halogens is 1. The number of carbonyl (C=O) groups excluding carboxylic acids is 2. The summed E-state index contributed by atoms with van der Waals surface area (Å²) in [5, 5.41) is 3.84. The molecule has 0 radical (unpaired) electrons. The second-order valence-electron chi connectivity index (χ2n) is 4.51. The van der Waals surface area contributed by atoms with E-state index in [4.69, 9.17) is 11.6 Å². The first-order chi connectivity index (χ1) is 9.40. The molecule has 0 saturated carbocycles. The summed E-state index contributed by atoms with van der Waals surface area (Å²) in [6, 6.07) is 6.81. The highest BCUT2D eigenvalue weighted by molar-refractivity contribution is 7.16. The molecule has 1 amide bonds. The van der Waals surface area contributed by atoms with Crippen LogP contribution in [0.15, 0.2) is 24.3 Å². The van der Waals surface area contributed by atoms with Crippen LogP contribution in [-0.4, -0.2) is 11.7 Å². The lowest BCUT2D eigenvalue weighted by Crippen LogP contribution is -2.10. The average molecular weight is 308 g/mol. The van der Waals surface area contributed by atoms with Crippen molar-refractivity contribution in [2.24, 2.45) is 0 Å². The summed E-state index contributed by atoms with van der Waals surface area (Å²) in [5.74, 6) is -0.315. The van der Waals surface area contributed by atoms with E-state index >= 15 is 0 Å². The first kappa shape index (κ1) is 14.8. The molecule has 2 aromatic rings. The number of ketones is 1. The van der Waals surface area contributed by atoms with Crippen LogP contribution < -0.4 is 5.32 Å². The number of amides is 1. The quantitative estimate of drug-likeness (QED) is 0.863. The highest BCUT2D eigenvalue weighted by Crippen LogP contribution is 2.34. The van der Waals surface area contributed by atoms with Gasteiger partial charge in [-0.05, 0) is 31.5 Å². The van der Waals surface area contributed by atoms with Crippen LogP contribution >= 0.6 is 22.9 Å². The molecule has 0 spiro atoms. The average Bonchev–Trinajstić information content (AvgIpc) is 2.63. The summed E-state index contributed by atoms with van der Waals surface area (Å²) >= 11 is 7.34. The van der Waals surface area contributed by atoms with Gasteiger partial charge >= 0.3 is 0 Å². The largest absolute Gasteiger partial charge is 0.317 e. The molecule has 0 unspecified atom stereocenters. The Kier molecular flexibility index (Phi) is 4.26. The molecule has 20 heavy (non-hydrogen) atoms. The first-order valence-corrected chi connectivity index (χ1v) is 7.27. The molecule has 1 N–H and O–H groups in total. The molecule has 5 heteroatoms. The van der Waals surface area contributed by atoms with Crippen molar-refractivity contribution >= 4 is 39.6 Å². The van der Waals surface area contributed by atoms with Gasteiger partial charge in [0.15, 0.2) is 5.78 Å². The topological polar surface area (TPSA) is 46.2 Å². The van der Waals surface area contributed by atoms with Gasteiger partial charge in [-0.25, -0.2) is 0 Å². The molecule has 0 aliphatic rings. The molecule has 1 heterocycles. The van der Waals surface area contributed by atoms with Gasteiger partial charge in [0.2, 0.25) is 5.91 Å². The second-order valence-corrected chi connectivity index (χ2v) is 6.17. The predicted molar refractivity (Wildman–Crippen MR) is 83.0 cm³/mol. The van der Waals surface area contributed by atoms with Crippen molar-refractivity contribution < 1.29 is 9.59 Å². The minimum Gasteiger partial charge on any atom is -0.317 e. The summed E-state index contributed by atoms with van der Waals surface area (Å²) in [5.41, 5.74) is 1.96. The van der Waals surface area contributed by atoms with Crippen LogP contribution in [0.5, 0.6) is 0 Å². The first-order valence-electron chi connectivity index (χ1n) is 6.08. The van der Waals surface area contributed by atoms with Gasteiger partial charge in [0, 0.05) is 22.4 Å². The fraction of sp³-hybridized carbons (Fsp3) is 0.200. The van der Waals surface area contributed by atoms with E-state index in [2.05, 4.69) is 5.32 Å². The molecule has 0 bridgehead atoms. The zero-order valence-electron chi connectivity index (χ0n) is 11.4. The molecule has 0 fully saturated rings. The van der Waals surface area contributed by atoms with Crippen molar-refractivity contribution in [3.05, 3.63) is 50.9 Å². The summed E-state index contributed by atoms with van der Waals surface area (Å²) < 4.78 is 0.